The molecule has 1 aliphatic heterocycles. The summed E-state index contributed by atoms with van der Waals surface area (Å²) >= 11 is 0. The van der Waals surface area contributed by atoms with Crippen molar-refractivity contribution < 1.29 is 9.18 Å². The molecule has 144 valence electrons. The van der Waals surface area contributed by atoms with Gasteiger partial charge in [0.15, 0.2) is 0 Å². The number of aromatic nitrogens is 1. The first-order chi connectivity index (χ1) is 13.0. The predicted molar refractivity (Wildman–Crippen MR) is 107 cm³/mol. The Bertz CT molecular complexity index is 772. The van der Waals surface area contributed by atoms with Crippen molar-refractivity contribution in [2.75, 3.05) is 42.5 Å². The van der Waals surface area contributed by atoms with Crippen LogP contribution in [0.1, 0.15) is 30.8 Å². The molecule has 0 spiro atoms. The van der Waals surface area contributed by atoms with Crippen molar-refractivity contribution in [2.24, 2.45) is 5.92 Å². The number of benzene rings is 1. The summed E-state index contributed by atoms with van der Waals surface area (Å²) in [6.07, 6.45) is 2.62. The van der Waals surface area contributed by atoms with Gasteiger partial charge in [-0.3, -0.25) is 9.78 Å². The lowest BCUT2D eigenvalue weighted by Crippen LogP contribution is -2.46. The number of carbonyl (C=O) groups is 1. The summed E-state index contributed by atoms with van der Waals surface area (Å²) < 4.78 is 14.0. The van der Waals surface area contributed by atoms with E-state index >= 15 is 0 Å². The second kappa shape index (κ2) is 8.84. The Labute approximate surface area is 160 Å². The van der Waals surface area contributed by atoms with Gasteiger partial charge in [0, 0.05) is 44.6 Å². The lowest BCUT2D eigenvalue weighted by Gasteiger charge is -2.37. The number of nitrogens with zero attached hydrogens (tertiary/aromatic N) is 3. The van der Waals surface area contributed by atoms with Crippen molar-refractivity contribution >= 4 is 17.3 Å². The van der Waals surface area contributed by atoms with Crippen LogP contribution in [0.2, 0.25) is 0 Å². The lowest BCUT2D eigenvalue weighted by atomic mass is 10.1. The van der Waals surface area contributed by atoms with E-state index in [0.717, 1.165) is 38.3 Å². The molecule has 1 aromatic carbocycles. The average Bonchev–Trinajstić information content (AvgIpc) is 2.68. The number of hydrogen-bond donors (Lipinski definition) is 1. The third-order valence-electron chi connectivity index (χ3n) is 4.82. The molecule has 1 aromatic heterocycles. The molecule has 1 N–H and O–H groups in total. The van der Waals surface area contributed by atoms with Gasteiger partial charge >= 0.3 is 0 Å². The zero-order chi connectivity index (χ0) is 19.2. The number of pyridine rings is 1. The van der Waals surface area contributed by atoms with Crippen LogP contribution in [0.5, 0.6) is 0 Å². The molecule has 6 heteroatoms. The normalized spacial score (nSPS) is 14.5. The van der Waals surface area contributed by atoms with Crippen LogP contribution in [0.4, 0.5) is 15.8 Å². The molecule has 0 saturated carbocycles. The van der Waals surface area contributed by atoms with Gasteiger partial charge in [-0.1, -0.05) is 26.0 Å². The van der Waals surface area contributed by atoms with Crippen molar-refractivity contribution in [3.63, 3.8) is 0 Å². The van der Waals surface area contributed by atoms with Crippen LogP contribution in [0.15, 0.2) is 42.6 Å². The Morgan fingerprint density at radius 3 is 2.56 bits per heavy atom. The lowest BCUT2D eigenvalue weighted by molar-refractivity contribution is 0.0947. The summed E-state index contributed by atoms with van der Waals surface area (Å²) in [6.45, 7) is 7.93. The number of nitrogens with one attached hydrogen (secondary N) is 1. The molecule has 1 amide bonds. The van der Waals surface area contributed by atoms with Gasteiger partial charge in [0.1, 0.15) is 11.5 Å². The first-order valence-corrected chi connectivity index (χ1v) is 9.53. The molecule has 1 fully saturated rings. The minimum Gasteiger partial charge on any atom is -0.368 e. The largest absolute Gasteiger partial charge is 0.368 e. The molecule has 1 aliphatic rings. The van der Waals surface area contributed by atoms with Crippen LogP contribution in [0, 0.1) is 11.7 Å². The number of hydrogen-bond acceptors (Lipinski definition) is 4. The van der Waals surface area contributed by atoms with Crippen molar-refractivity contribution in [1.29, 1.82) is 0 Å². The molecule has 27 heavy (non-hydrogen) atoms. The van der Waals surface area contributed by atoms with Gasteiger partial charge in [-0.05, 0) is 36.6 Å². The Kier molecular flexibility index (Phi) is 6.27. The van der Waals surface area contributed by atoms with Gasteiger partial charge in [0.2, 0.25) is 0 Å². The molecular formula is C21H27FN4O. The molecule has 0 aliphatic carbocycles. The number of halogens is 1. The van der Waals surface area contributed by atoms with Crippen LogP contribution in [0.3, 0.4) is 0 Å². The van der Waals surface area contributed by atoms with Gasteiger partial charge in [-0.15, -0.1) is 0 Å². The maximum Gasteiger partial charge on any atom is 0.269 e. The van der Waals surface area contributed by atoms with Gasteiger partial charge in [-0.2, -0.15) is 0 Å². The summed E-state index contributed by atoms with van der Waals surface area (Å²) in [4.78, 5) is 20.8. The first kappa shape index (κ1) is 19.1. The second-order valence-corrected chi connectivity index (χ2v) is 7.26. The zero-order valence-electron chi connectivity index (χ0n) is 16.0. The highest BCUT2D eigenvalue weighted by Crippen LogP contribution is 2.23. The molecule has 0 radical (unpaired) electrons. The second-order valence-electron chi connectivity index (χ2n) is 7.26. The summed E-state index contributed by atoms with van der Waals surface area (Å²) in [5.74, 6) is 0.230. The van der Waals surface area contributed by atoms with Gasteiger partial charge in [-0.25, -0.2) is 4.39 Å². The number of carbonyl (C=O) groups excluding carboxylic acids is 1. The fourth-order valence-corrected chi connectivity index (χ4v) is 3.22. The van der Waals surface area contributed by atoms with E-state index in [4.69, 9.17) is 0 Å². The van der Waals surface area contributed by atoms with Crippen molar-refractivity contribution in [3.8, 4) is 0 Å². The highest BCUT2D eigenvalue weighted by Gasteiger charge is 2.20. The van der Waals surface area contributed by atoms with Crippen LogP contribution >= 0.6 is 0 Å². The van der Waals surface area contributed by atoms with E-state index < -0.39 is 0 Å². The number of amides is 1. The Balaban J connectivity index is 1.60. The third kappa shape index (κ3) is 4.96. The van der Waals surface area contributed by atoms with Gasteiger partial charge in [0.05, 0.1) is 5.69 Å². The fraction of sp³-hybridized carbons (Fsp3) is 0.429. The first-order valence-electron chi connectivity index (χ1n) is 9.53. The Morgan fingerprint density at radius 1 is 1.15 bits per heavy atom. The minimum atomic E-state index is -0.185. The van der Waals surface area contributed by atoms with Crippen LogP contribution < -0.4 is 15.1 Å². The molecule has 2 aromatic rings. The Hall–Kier alpha value is -2.63. The maximum atomic E-state index is 14.0. The average molecular weight is 370 g/mol. The van der Waals surface area contributed by atoms with E-state index in [2.05, 4.69) is 33.9 Å². The summed E-state index contributed by atoms with van der Waals surface area (Å²) in [7, 11) is 0. The Morgan fingerprint density at radius 2 is 1.85 bits per heavy atom. The van der Waals surface area contributed by atoms with E-state index in [1.807, 2.05) is 24.3 Å². The summed E-state index contributed by atoms with van der Waals surface area (Å²) in [5.41, 5.74) is 2.07. The molecule has 2 heterocycles. The zero-order valence-corrected chi connectivity index (χ0v) is 16.0. The summed E-state index contributed by atoms with van der Waals surface area (Å²) in [5, 5.41) is 2.93. The van der Waals surface area contributed by atoms with Crippen molar-refractivity contribution in [3.05, 3.63) is 54.1 Å². The third-order valence-corrected chi connectivity index (χ3v) is 4.82. The quantitative estimate of drug-likeness (QED) is 0.847. The number of rotatable bonds is 6. The highest BCUT2D eigenvalue weighted by molar-refractivity contribution is 5.93. The molecule has 0 unspecified atom stereocenters. The van der Waals surface area contributed by atoms with Crippen molar-refractivity contribution in [2.45, 2.75) is 20.3 Å². The fourth-order valence-electron chi connectivity index (χ4n) is 3.22. The van der Waals surface area contributed by atoms with E-state index in [1.54, 1.807) is 12.3 Å². The molecule has 5 nitrogen and oxygen atoms in total. The molecule has 0 bridgehead atoms. The SMILES string of the molecule is CC(C)CCNC(=O)c1cc(N2CCN(c3ccccc3F)CC2)ccn1. The van der Waals surface area contributed by atoms with Crippen LogP contribution in [0.25, 0.3) is 0 Å². The number of anilines is 2. The summed E-state index contributed by atoms with van der Waals surface area (Å²) in [6, 6.07) is 10.6. The van der Waals surface area contributed by atoms with E-state index in [9.17, 15) is 9.18 Å². The maximum absolute atomic E-state index is 14.0. The smallest absolute Gasteiger partial charge is 0.269 e. The van der Waals surface area contributed by atoms with Crippen LogP contribution in [-0.2, 0) is 0 Å². The van der Waals surface area contributed by atoms with E-state index in [1.165, 1.54) is 6.07 Å². The predicted octanol–water partition coefficient (Wildman–Crippen LogP) is 3.32. The molecular weight excluding hydrogens is 343 g/mol. The molecule has 1 saturated heterocycles. The van der Waals surface area contributed by atoms with Gasteiger partial charge < -0.3 is 15.1 Å². The number of para-hydroxylation sites is 1. The van der Waals surface area contributed by atoms with E-state index in [-0.39, 0.29) is 11.7 Å². The molecule has 3 rings (SSSR count). The molecule has 0 atom stereocenters. The topological polar surface area (TPSA) is 48.5 Å². The monoisotopic (exact) mass is 370 g/mol. The van der Waals surface area contributed by atoms with E-state index in [0.29, 0.717) is 23.8 Å². The standard InChI is InChI=1S/C21H27FN4O/c1-16(2)7-9-24-21(27)19-15-17(8-10-23-19)25-11-13-26(14-12-25)20-6-4-3-5-18(20)22/h3-6,8,10,15-16H,7,9,11-14H2,1-2H3,(H,24,27). The van der Waals surface area contributed by atoms with Crippen LogP contribution in [-0.4, -0.2) is 43.6 Å². The van der Waals surface area contributed by atoms with Crippen molar-refractivity contribution in [1.82, 2.24) is 10.3 Å². The highest BCUT2D eigenvalue weighted by atomic mass is 19.1. The van der Waals surface area contributed by atoms with Gasteiger partial charge in [0.25, 0.3) is 5.91 Å². The number of piperazine rings is 1. The minimum absolute atomic E-state index is 0.137.